The number of halogens is 3. The van der Waals surface area contributed by atoms with E-state index in [2.05, 4.69) is 20.5 Å². The number of sulfonamides is 1. The van der Waals surface area contributed by atoms with Crippen LogP contribution in [0.4, 0.5) is 19.3 Å². The molecule has 0 aliphatic rings. The second-order valence-corrected chi connectivity index (χ2v) is 11.2. The molecule has 0 bridgehead atoms. The van der Waals surface area contributed by atoms with E-state index in [1.807, 2.05) is 26.8 Å². The number of carbonyl (C=O) groups is 1. The summed E-state index contributed by atoms with van der Waals surface area (Å²) in [7, 11) is -3.47. The monoisotopic (exact) mass is 525 g/mol. The summed E-state index contributed by atoms with van der Waals surface area (Å²) in [6, 6.07) is 9.41. The van der Waals surface area contributed by atoms with Crippen LogP contribution in [0.2, 0.25) is 5.02 Å². The molecule has 35 heavy (non-hydrogen) atoms. The van der Waals surface area contributed by atoms with Crippen molar-refractivity contribution in [1.29, 1.82) is 0 Å². The smallest absolute Gasteiger partial charge is 0.319 e. The van der Waals surface area contributed by atoms with Gasteiger partial charge >= 0.3 is 6.03 Å². The molecule has 0 fully saturated rings. The molecule has 0 saturated carbocycles. The molecule has 0 radical (unpaired) electrons. The lowest BCUT2D eigenvalue weighted by molar-refractivity contribution is 0.251. The molecule has 1 heterocycles. The maximum absolute atomic E-state index is 14.3. The van der Waals surface area contributed by atoms with Crippen molar-refractivity contribution in [2.24, 2.45) is 0 Å². The van der Waals surface area contributed by atoms with Crippen molar-refractivity contribution in [2.45, 2.75) is 39.3 Å². The number of nitrogens with one attached hydrogen (secondary N) is 3. The van der Waals surface area contributed by atoms with Gasteiger partial charge < -0.3 is 10.6 Å². The molecule has 2 amide bonds. The minimum absolute atomic E-state index is 0.0517. The fraction of sp³-hybridized carbons (Fsp3) is 0.304. The lowest BCUT2D eigenvalue weighted by Gasteiger charge is -2.14. The highest BCUT2D eigenvalue weighted by Gasteiger charge is 2.21. The van der Waals surface area contributed by atoms with Gasteiger partial charge in [-0.25, -0.2) is 31.4 Å². The number of hydrogen-bond donors (Lipinski definition) is 3. The Labute approximate surface area is 207 Å². The van der Waals surface area contributed by atoms with Crippen molar-refractivity contribution in [2.75, 3.05) is 11.6 Å². The predicted molar refractivity (Wildman–Crippen MR) is 131 cm³/mol. The number of rotatable bonds is 7. The van der Waals surface area contributed by atoms with E-state index in [0.29, 0.717) is 11.4 Å². The Kier molecular flexibility index (Phi) is 7.83. The molecule has 0 saturated heterocycles. The van der Waals surface area contributed by atoms with Crippen LogP contribution in [0.5, 0.6) is 0 Å². The number of aromatic nitrogens is 2. The van der Waals surface area contributed by atoms with Crippen molar-refractivity contribution >= 4 is 33.3 Å². The molecule has 12 heteroatoms. The largest absolute Gasteiger partial charge is 0.332 e. The van der Waals surface area contributed by atoms with Crippen molar-refractivity contribution in [3.05, 3.63) is 76.1 Å². The quantitative estimate of drug-likeness (QED) is 0.423. The van der Waals surface area contributed by atoms with Gasteiger partial charge in [-0.2, -0.15) is 5.10 Å². The first-order chi connectivity index (χ1) is 16.2. The summed E-state index contributed by atoms with van der Waals surface area (Å²) in [6.07, 6.45) is 0.978. The average molecular weight is 526 g/mol. The molecule has 188 valence electrons. The first-order valence-corrected chi connectivity index (χ1v) is 12.8. The Morgan fingerprint density at radius 1 is 1.06 bits per heavy atom. The van der Waals surface area contributed by atoms with Crippen LogP contribution in [0.1, 0.15) is 37.7 Å². The summed E-state index contributed by atoms with van der Waals surface area (Å²) in [4.78, 5) is 12.5. The lowest BCUT2D eigenvalue weighted by Crippen LogP contribution is -2.29. The van der Waals surface area contributed by atoms with E-state index < -0.39 is 27.7 Å². The van der Waals surface area contributed by atoms with Gasteiger partial charge in [0, 0.05) is 23.2 Å². The van der Waals surface area contributed by atoms with Gasteiger partial charge in [-0.3, -0.25) is 0 Å². The minimum Gasteiger partial charge on any atom is -0.332 e. The van der Waals surface area contributed by atoms with Crippen LogP contribution in [-0.4, -0.2) is 30.5 Å². The summed E-state index contributed by atoms with van der Waals surface area (Å²) in [6.45, 7) is 5.84. The molecule has 2 aromatic carbocycles. The van der Waals surface area contributed by atoms with Gasteiger partial charge in [-0.05, 0) is 36.4 Å². The summed E-state index contributed by atoms with van der Waals surface area (Å²) in [5.74, 6) is -1.22. The number of urea groups is 1. The normalized spacial score (nSPS) is 12.0. The fourth-order valence-electron chi connectivity index (χ4n) is 3.08. The van der Waals surface area contributed by atoms with E-state index in [9.17, 15) is 22.0 Å². The van der Waals surface area contributed by atoms with Crippen LogP contribution in [0, 0.1) is 11.6 Å². The number of carbonyl (C=O) groups excluding carboxylic acids is 1. The second-order valence-electron chi connectivity index (χ2n) is 8.99. The van der Waals surface area contributed by atoms with Crippen LogP contribution in [0.3, 0.4) is 0 Å². The van der Waals surface area contributed by atoms with Gasteiger partial charge in [-0.1, -0.05) is 38.4 Å². The highest BCUT2D eigenvalue weighted by Crippen LogP contribution is 2.25. The highest BCUT2D eigenvalue weighted by molar-refractivity contribution is 7.88. The van der Waals surface area contributed by atoms with Gasteiger partial charge in [0.25, 0.3) is 0 Å². The first kappa shape index (κ1) is 26.6. The van der Waals surface area contributed by atoms with Gasteiger partial charge in [0.2, 0.25) is 10.0 Å². The van der Waals surface area contributed by atoms with E-state index in [0.717, 1.165) is 18.0 Å². The number of benzene rings is 2. The topological polar surface area (TPSA) is 105 Å². The molecule has 0 spiro atoms. The third kappa shape index (κ3) is 7.23. The molecule has 8 nitrogen and oxygen atoms in total. The van der Waals surface area contributed by atoms with Crippen molar-refractivity contribution in [1.82, 2.24) is 19.8 Å². The van der Waals surface area contributed by atoms with Crippen LogP contribution in [0.25, 0.3) is 5.69 Å². The summed E-state index contributed by atoms with van der Waals surface area (Å²) >= 11 is 5.94. The van der Waals surface area contributed by atoms with E-state index in [1.165, 1.54) is 30.3 Å². The summed E-state index contributed by atoms with van der Waals surface area (Å²) in [5.41, 5.74) is 1.97. The average Bonchev–Trinajstić information content (AvgIpc) is 3.18. The van der Waals surface area contributed by atoms with Gasteiger partial charge in [0.1, 0.15) is 11.6 Å². The molecule has 0 aliphatic heterocycles. The molecule has 3 rings (SSSR count). The van der Waals surface area contributed by atoms with Crippen LogP contribution >= 0.6 is 11.6 Å². The maximum Gasteiger partial charge on any atom is 0.319 e. The molecule has 3 aromatic rings. The zero-order valence-corrected chi connectivity index (χ0v) is 21.2. The SMILES string of the molecule is CC(C)(C)c1cc(CNC(=O)Nc2ccc(CNS(C)(=O)=O)c(F)c2)n(-c2ccc(F)c(Cl)c2)n1. The Morgan fingerprint density at radius 3 is 2.37 bits per heavy atom. The molecule has 0 unspecified atom stereocenters. The summed E-state index contributed by atoms with van der Waals surface area (Å²) < 4.78 is 54.1. The van der Waals surface area contributed by atoms with E-state index in [4.69, 9.17) is 11.6 Å². The molecular formula is C23H26ClF2N5O3S. The molecule has 1 aromatic heterocycles. The van der Waals surface area contributed by atoms with E-state index in [-0.39, 0.29) is 34.8 Å². The number of nitrogens with zero attached hydrogens (tertiary/aromatic N) is 2. The van der Waals surface area contributed by atoms with Crippen LogP contribution < -0.4 is 15.4 Å². The Balaban J connectivity index is 1.73. The van der Waals surface area contributed by atoms with Gasteiger partial charge in [0.05, 0.1) is 34.9 Å². The molecule has 0 aliphatic carbocycles. The highest BCUT2D eigenvalue weighted by atomic mass is 35.5. The van der Waals surface area contributed by atoms with Crippen LogP contribution in [0.15, 0.2) is 42.5 Å². The number of anilines is 1. The van der Waals surface area contributed by atoms with Gasteiger partial charge in [-0.15, -0.1) is 0 Å². The first-order valence-electron chi connectivity index (χ1n) is 10.6. The standard InChI is InChI=1S/C23H26ClF2N5O3S/c1-23(2,3)21-11-17(31(30-21)16-7-8-19(25)18(24)10-16)13-27-22(32)29-15-6-5-14(20(26)9-15)12-28-35(4,33)34/h5-11,28H,12-13H2,1-4H3,(H2,27,29,32). The maximum atomic E-state index is 14.3. The Morgan fingerprint density at radius 2 is 1.77 bits per heavy atom. The van der Waals surface area contributed by atoms with Gasteiger partial charge in [0.15, 0.2) is 0 Å². The van der Waals surface area contributed by atoms with Crippen molar-refractivity contribution < 1.29 is 22.0 Å². The predicted octanol–water partition coefficient (Wildman–Crippen LogP) is 4.47. The third-order valence-corrected chi connectivity index (χ3v) is 5.92. The lowest BCUT2D eigenvalue weighted by atomic mass is 9.92. The molecular weight excluding hydrogens is 500 g/mol. The zero-order valence-electron chi connectivity index (χ0n) is 19.6. The Bertz CT molecular complexity index is 1350. The van der Waals surface area contributed by atoms with E-state index >= 15 is 0 Å². The number of amides is 2. The fourth-order valence-corrected chi connectivity index (χ4v) is 3.67. The van der Waals surface area contributed by atoms with Crippen molar-refractivity contribution in [3.63, 3.8) is 0 Å². The molecule has 3 N–H and O–H groups in total. The Hall–Kier alpha value is -3.02. The van der Waals surface area contributed by atoms with Crippen LogP contribution in [-0.2, 0) is 28.5 Å². The second kappa shape index (κ2) is 10.3. The zero-order chi connectivity index (χ0) is 26.0. The third-order valence-electron chi connectivity index (χ3n) is 4.97. The number of hydrogen-bond acceptors (Lipinski definition) is 4. The van der Waals surface area contributed by atoms with E-state index in [1.54, 1.807) is 4.68 Å². The summed E-state index contributed by atoms with van der Waals surface area (Å²) in [5, 5.41) is 9.79. The molecule has 0 atom stereocenters. The van der Waals surface area contributed by atoms with Crippen molar-refractivity contribution in [3.8, 4) is 5.69 Å². The minimum atomic E-state index is -3.47.